The Morgan fingerprint density at radius 1 is 1.44 bits per heavy atom. The summed E-state index contributed by atoms with van der Waals surface area (Å²) < 4.78 is 0. The number of thiazole rings is 1. The number of carboxylic acids is 1. The van der Waals surface area contributed by atoms with Gasteiger partial charge in [-0.1, -0.05) is 12.8 Å². The van der Waals surface area contributed by atoms with Gasteiger partial charge in [-0.3, -0.25) is 0 Å². The maximum Gasteiger partial charge on any atom is 0.329 e. The largest absolute Gasteiger partial charge is 0.480 e. The fourth-order valence-electron chi connectivity index (χ4n) is 2.10. The van der Waals surface area contributed by atoms with E-state index in [-0.39, 0.29) is 0 Å². The lowest BCUT2D eigenvalue weighted by Gasteiger charge is -2.24. The first-order chi connectivity index (χ1) is 7.53. The molecule has 0 bridgehead atoms. The van der Waals surface area contributed by atoms with E-state index >= 15 is 0 Å². The summed E-state index contributed by atoms with van der Waals surface area (Å²) in [6, 6.07) is 0. The van der Waals surface area contributed by atoms with E-state index in [0.717, 1.165) is 28.5 Å². The molecule has 16 heavy (non-hydrogen) atoms. The smallest absolute Gasteiger partial charge is 0.329 e. The second kappa shape index (κ2) is 4.05. The van der Waals surface area contributed by atoms with Crippen molar-refractivity contribution in [1.29, 1.82) is 0 Å². The van der Waals surface area contributed by atoms with Crippen LogP contribution in [0.4, 0.5) is 5.13 Å². The Morgan fingerprint density at radius 2 is 2.06 bits per heavy atom. The Labute approximate surface area is 98.7 Å². The zero-order valence-corrected chi connectivity index (χ0v) is 10.4. The molecule has 1 aliphatic carbocycles. The number of hydrogen-bond acceptors (Lipinski definition) is 4. The van der Waals surface area contributed by atoms with Gasteiger partial charge in [0.05, 0.1) is 5.69 Å². The van der Waals surface area contributed by atoms with Gasteiger partial charge in [-0.15, -0.1) is 11.3 Å². The molecule has 1 fully saturated rings. The van der Waals surface area contributed by atoms with Crippen LogP contribution in [0.5, 0.6) is 0 Å². The van der Waals surface area contributed by atoms with Gasteiger partial charge in [0.25, 0.3) is 0 Å². The van der Waals surface area contributed by atoms with E-state index in [9.17, 15) is 9.90 Å². The second-order valence-corrected chi connectivity index (χ2v) is 5.58. The van der Waals surface area contributed by atoms with Crippen molar-refractivity contribution in [3.8, 4) is 0 Å². The van der Waals surface area contributed by atoms with E-state index in [1.807, 2.05) is 13.8 Å². The van der Waals surface area contributed by atoms with Crippen LogP contribution in [-0.4, -0.2) is 21.6 Å². The number of nitrogens with one attached hydrogen (secondary N) is 1. The molecule has 0 saturated heterocycles. The molecule has 1 aromatic rings. The lowest BCUT2D eigenvalue weighted by molar-refractivity contribution is -0.142. The average Bonchev–Trinajstić information content (AvgIpc) is 2.77. The van der Waals surface area contributed by atoms with Gasteiger partial charge in [-0.05, 0) is 26.7 Å². The average molecular weight is 240 g/mol. The van der Waals surface area contributed by atoms with Crippen LogP contribution in [0.2, 0.25) is 0 Å². The number of carboxylic acid groups (broad SMARTS) is 1. The van der Waals surface area contributed by atoms with Crippen molar-refractivity contribution in [3.63, 3.8) is 0 Å². The van der Waals surface area contributed by atoms with Crippen molar-refractivity contribution < 1.29 is 9.90 Å². The van der Waals surface area contributed by atoms with Crippen LogP contribution < -0.4 is 5.32 Å². The van der Waals surface area contributed by atoms with E-state index < -0.39 is 11.5 Å². The molecular formula is C11H16N2O2S. The van der Waals surface area contributed by atoms with Crippen LogP contribution >= 0.6 is 11.3 Å². The maximum absolute atomic E-state index is 11.3. The number of aryl methyl sites for hydroxylation is 2. The molecule has 0 spiro atoms. The molecule has 88 valence electrons. The Hall–Kier alpha value is -1.10. The number of aromatic nitrogens is 1. The second-order valence-electron chi connectivity index (χ2n) is 4.38. The third kappa shape index (κ3) is 1.91. The van der Waals surface area contributed by atoms with E-state index in [1.165, 1.54) is 11.3 Å². The predicted octanol–water partition coefficient (Wildman–Crippen LogP) is 2.57. The molecule has 0 amide bonds. The zero-order valence-electron chi connectivity index (χ0n) is 9.54. The zero-order chi connectivity index (χ0) is 11.8. The van der Waals surface area contributed by atoms with Gasteiger partial charge in [-0.25, -0.2) is 9.78 Å². The van der Waals surface area contributed by atoms with E-state index in [2.05, 4.69) is 10.3 Å². The molecule has 2 rings (SSSR count). The van der Waals surface area contributed by atoms with Crippen LogP contribution in [0.3, 0.4) is 0 Å². The highest BCUT2D eigenvalue weighted by Gasteiger charge is 2.41. The molecular weight excluding hydrogens is 224 g/mol. The van der Waals surface area contributed by atoms with E-state index in [4.69, 9.17) is 0 Å². The van der Waals surface area contributed by atoms with Gasteiger partial charge in [0.1, 0.15) is 5.54 Å². The molecule has 2 N–H and O–H groups in total. The quantitative estimate of drug-likeness (QED) is 0.852. The van der Waals surface area contributed by atoms with E-state index in [1.54, 1.807) is 0 Å². The lowest BCUT2D eigenvalue weighted by Crippen LogP contribution is -2.43. The van der Waals surface area contributed by atoms with Crippen LogP contribution in [0.15, 0.2) is 0 Å². The van der Waals surface area contributed by atoms with Crippen molar-refractivity contribution in [2.75, 3.05) is 5.32 Å². The van der Waals surface area contributed by atoms with Crippen molar-refractivity contribution >= 4 is 22.4 Å². The summed E-state index contributed by atoms with van der Waals surface area (Å²) in [5.74, 6) is -0.754. The van der Waals surface area contributed by atoms with Crippen molar-refractivity contribution in [1.82, 2.24) is 4.98 Å². The van der Waals surface area contributed by atoms with Gasteiger partial charge in [0, 0.05) is 4.88 Å². The number of aliphatic carboxylic acids is 1. The van der Waals surface area contributed by atoms with Gasteiger partial charge in [0.15, 0.2) is 5.13 Å². The first kappa shape index (κ1) is 11.4. The minimum absolute atomic E-state index is 0.694. The monoisotopic (exact) mass is 240 g/mol. The van der Waals surface area contributed by atoms with Crippen LogP contribution in [-0.2, 0) is 4.79 Å². The Balaban J connectivity index is 2.21. The van der Waals surface area contributed by atoms with Gasteiger partial charge < -0.3 is 10.4 Å². The van der Waals surface area contributed by atoms with E-state index in [0.29, 0.717) is 12.8 Å². The third-order valence-electron chi connectivity index (χ3n) is 3.24. The molecule has 0 aliphatic heterocycles. The summed E-state index contributed by atoms with van der Waals surface area (Å²) in [5, 5.41) is 13.2. The summed E-state index contributed by atoms with van der Waals surface area (Å²) in [7, 11) is 0. The van der Waals surface area contributed by atoms with Gasteiger partial charge >= 0.3 is 5.97 Å². The van der Waals surface area contributed by atoms with Crippen LogP contribution in [0.1, 0.15) is 36.3 Å². The Morgan fingerprint density at radius 3 is 2.50 bits per heavy atom. The Kier molecular flexibility index (Phi) is 2.88. The number of carbonyl (C=O) groups is 1. The fraction of sp³-hybridized carbons (Fsp3) is 0.636. The molecule has 1 heterocycles. The molecule has 1 aromatic heterocycles. The molecule has 0 unspecified atom stereocenters. The molecule has 1 aliphatic rings. The highest BCUT2D eigenvalue weighted by Crippen LogP contribution is 2.35. The molecule has 5 heteroatoms. The first-order valence-electron chi connectivity index (χ1n) is 5.49. The third-order valence-corrected chi connectivity index (χ3v) is 4.23. The van der Waals surface area contributed by atoms with Gasteiger partial charge in [0.2, 0.25) is 0 Å². The Bertz CT molecular complexity index is 389. The SMILES string of the molecule is Cc1nc(NC2(C(=O)O)CCCC2)sc1C. The summed E-state index contributed by atoms with van der Waals surface area (Å²) in [5.41, 5.74) is 0.197. The number of anilines is 1. The van der Waals surface area contributed by atoms with Crippen molar-refractivity contribution in [2.24, 2.45) is 0 Å². The fourth-order valence-corrected chi connectivity index (χ4v) is 3.01. The molecule has 4 nitrogen and oxygen atoms in total. The van der Waals surface area contributed by atoms with Crippen LogP contribution in [0, 0.1) is 13.8 Å². The number of nitrogens with zero attached hydrogens (tertiary/aromatic N) is 1. The number of rotatable bonds is 3. The highest BCUT2D eigenvalue weighted by molar-refractivity contribution is 7.15. The summed E-state index contributed by atoms with van der Waals surface area (Å²) >= 11 is 1.53. The summed E-state index contributed by atoms with van der Waals surface area (Å²) in [4.78, 5) is 16.8. The molecule has 1 saturated carbocycles. The normalized spacial score (nSPS) is 18.6. The molecule has 0 aromatic carbocycles. The number of hydrogen-bond donors (Lipinski definition) is 2. The first-order valence-corrected chi connectivity index (χ1v) is 6.31. The van der Waals surface area contributed by atoms with Crippen molar-refractivity contribution in [2.45, 2.75) is 45.1 Å². The predicted molar refractivity (Wildman–Crippen MR) is 64.0 cm³/mol. The van der Waals surface area contributed by atoms with Crippen molar-refractivity contribution in [3.05, 3.63) is 10.6 Å². The standard InChI is InChI=1S/C11H16N2O2S/c1-7-8(2)16-10(12-7)13-11(9(14)15)5-3-4-6-11/h3-6H2,1-2H3,(H,12,13)(H,14,15). The molecule has 0 radical (unpaired) electrons. The summed E-state index contributed by atoms with van der Waals surface area (Å²) in [6.45, 7) is 3.94. The highest BCUT2D eigenvalue weighted by atomic mass is 32.1. The molecule has 0 atom stereocenters. The lowest BCUT2D eigenvalue weighted by atomic mass is 9.98. The van der Waals surface area contributed by atoms with Crippen LogP contribution in [0.25, 0.3) is 0 Å². The summed E-state index contributed by atoms with van der Waals surface area (Å²) in [6.07, 6.45) is 3.34. The minimum Gasteiger partial charge on any atom is -0.480 e. The van der Waals surface area contributed by atoms with Gasteiger partial charge in [-0.2, -0.15) is 0 Å². The topological polar surface area (TPSA) is 62.2 Å². The minimum atomic E-state index is -0.781. The maximum atomic E-state index is 11.3.